The van der Waals surface area contributed by atoms with Gasteiger partial charge in [-0.2, -0.15) is 0 Å². The lowest BCUT2D eigenvalue weighted by atomic mass is 10.0. The molecule has 7 nitrogen and oxygen atoms in total. The van der Waals surface area contributed by atoms with E-state index in [0.717, 1.165) is 37.2 Å². The Balaban J connectivity index is 1.68. The molecule has 0 aliphatic carbocycles. The van der Waals surface area contributed by atoms with Crippen LogP contribution in [0, 0.1) is 5.92 Å². The molecule has 3 N–H and O–H groups in total. The van der Waals surface area contributed by atoms with Gasteiger partial charge in [-0.25, -0.2) is 0 Å². The van der Waals surface area contributed by atoms with Crippen molar-refractivity contribution in [3.05, 3.63) is 60.2 Å². The Labute approximate surface area is 215 Å². The Morgan fingerprint density at radius 3 is 2.44 bits per heavy atom. The number of amides is 2. The Bertz CT molecular complexity index is 979. The molecule has 4 atom stereocenters. The molecule has 2 aromatic rings. The summed E-state index contributed by atoms with van der Waals surface area (Å²) in [6.45, 7) is 8.67. The highest BCUT2D eigenvalue weighted by molar-refractivity contribution is 5.90. The van der Waals surface area contributed by atoms with Gasteiger partial charge in [0.05, 0.1) is 19.2 Å². The Kier molecular flexibility index (Phi) is 10.2. The van der Waals surface area contributed by atoms with Crippen LogP contribution in [0.2, 0.25) is 0 Å². The first-order valence-electron chi connectivity index (χ1n) is 13.1. The molecule has 0 bridgehead atoms. The van der Waals surface area contributed by atoms with Crippen LogP contribution in [0.1, 0.15) is 52.5 Å². The third-order valence-corrected chi connectivity index (χ3v) is 6.64. The van der Waals surface area contributed by atoms with Gasteiger partial charge in [-0.1, -0.05) is 57.2 Å². The van der Waals surface area contributed by atoms with Crippen LogP contribution in [0.3, 0.4) is 0 Å². The first-order chi connectivity index (χ1) is 17.3. The number of hydrogen-bond donors (Lipinski definition) is 2. The topological polar surface area (TPSA) is 93.9 Å². The van der Waals surface area contributed by atoms with Crippen molar-refractivity contribution in [2.75, 3.05) is 13.2 Å². The molecule has 0 saturated carbocycles. The van der Waals surface area contributed by atoms with Crippen molar-refractivity contribution in [3.8, 4) is 11.5 Å². The van der Waals surface area contributed by atoms with Crippen LogP contribution in [0.4, 0.5) is 0 Å². The number of nitrogens with two attached hydrogens (primary N) is 1. The van der Waals surface area contributed by atoms with Gasteiger partial charge < -0.3 is 25.4 Å². The number of carbonyl (C=O) groups excluding carboxylic acids is 2. The number of hydrogen-bond acceptors (Lipinski definition) is 5. The quantitative estimate of drug-likeness (QED) is 0.435. The number of para-hydroxylation sites is 2. The average molecular weight is 496 g/mol. The zero-order valence-electron chi connectivity index (χ0n) is 22.0. The van der Waals surface area contributed by atoms with Crippen molar-refractivity contribution in [1.29, 1.82) is 0 Å². The minimum atomic E-state index is -0.675. The molecule has 196 valence electrons. The molecule has 1 saturated heterocycles. The maximum absolute atomic E-state index is 13.7. The predicted octanol–water partition coefficient (Wildman–Crippen LogP) is 3.94. The third-order valence-electron chi connectivity index (χ3n) is 6.64. The maximum Gasteiger partial charge on any atom is 0.245 e. The molecule has 36 heavy (non-hydrogen) atoms. The van der Waals surface area contributed by atoms with Crippen LogP contribution < -0.4 is 20.5 Å². The summed E-state index contributed by atoms with van der Waals surface area (Å²) in [5.74, 6) is 1.24. The van der Waals surface area contributed by atoms with E-state index in [9.17, 15) is 9.59 Å². The first kappa shape index (κ1) is 27.5. The third kappa shape index (κ3) is 7.47. The highest BCUT2D eigenvalue weighted by atomic mass is 16.5. The Morgan fingerprint density at radius 2 is 1.78 bits per heavy atom. The minimum absolute atomic E-state index is 0.00434. The van der Waals surface area contributed by atoms with Crippen molar-refractivity contribution >= 4 is 11.8 Å². The molecule has 2 aromatic carbocycles. The van der Waals surface area contributed by atoms with E-state index in [0.29, 0.717) is 13.2 Å². The van der Waals surface area contributed by atoms with Gasteiger partial charge in [0.15, 0.2) is 0 Å². The van der Waals surface area contributed by atoms with Crippen molar-refractivity contribution in [2.24, 2.45) is 11.7 Å². The van der Waals surface area contributed by atoms with Crippen LogP contribution >= 0.6 is 0 Å². The molecule has 2 amide bonds. The zero-order valence-corrected chi connectivity index (χ0v) is 22.0. The molecule has 1 fully saturated rings. The van der Waals surface area contributed by atoms with E-state index < -0.39 is 12.1 Å². The van der Waals surface area contributed by atoms with Gasteiger partial charge in [-0.3, -0.25) is 9.59 Å². The molecule has 1 heterocycles. The van der Waals surface area contributed by atoms with E-state index in [4.69, 9.17) is 15.2 Å². The first-order valence-corrected chi connectivity index (χ1v) is 13.1. The van der Waals surface area contributed by atoms with E-state index >= 15 is 0 Å². The summed E-state index contributed by atoms with van der Waals surface area (Å²) < 4.78 is 12.3. The van der Waals surface area contributed by atoms with Crippen LogP contribution in [-0.4, -0.2) is 54.1 Å². The molecule has 0 aromatic heterocycles. The molecular weight excluding hydrogens is 454 g/mol. The summed E-state index contributed by atoms with van der Waals surface area (Å²) in [6, 6.07) is 16.5. The number of rotatable bonds is 12. The number of carbonyl (C=O) groups is 2. The Hall–Kier alpha value is -3.06. The summed E-state index contributed by atoms with van der Waals surface area (Å²) in [4.78, 5) is 27.9. The van der Waals surface area contributed by atoms with E-state index in [2.05, 4.69) is 18.3 Å². The van der Waals surface area contributed by atoms with Crippen molar-refractivity contribution < 1.29 is 19.1 Å². The maximum atomic E-state index is 13.7. The smallest absolute Gasteiger partial charge is 0.245 e. The van der Waals surface area contributed by atoms with E-state index in [1.807, 2.05) is 67.3 Å². The number of nitrogens with zero attached hydrogens (tertiary/aromatic N) is 1. The van der Waals surface area contributed by atoms with Gasteiger partial charge in [-0.15, -0.1) is 0 Å². The molecule has 1 aliphatic heterocycles. The lowest BCUT2D eigenvalue weighted by molar-refractivity contribution is -0.139. The summed E-state index contributed by atoms with van der Waals surface area (Å²) in [5, 5.41) is 2.86. The second kappa shape index (κ2) is 13.3. The van der Waals surface area contributed by atoms with Crippen LogP contribution in [0.25, 0.3) is 0 Å². The molecule has 0 unspecified atom stereocenters. The SMILES string of the molecule is CCc1ccccc1OCCC[C@@H]1C[C@H](Oc2ccccc2)CN1C(=O)[C@@H](NC(=O)[C@H](C)N)C(C)C. The van der Waals surface area contributed by atoms with Crippen molar-refractivity contribution in [1.82, 2.24) is 10.2 Å². The largest absolute Gasteiger partial charge is 0.493 e. The van der Waals surface area contributed by atoms with Crippen LogP contribution in [-0.2, 0) is 16.0 Å². The van der Waals surface area contributed by atoms with Gasteiger partial charge in [0, 0.05) is 12.5 Å². The normalized spacial score (nSPS) is 19.1. The minimum Gasteiger partial charge on any atom is -0.493 e. The highest BCUT2D eigenvalue weighted by Gasteiger charge is 2.40. The number of ether oxygens (including phenoxy) is 2. The van der Waals surface area contributed by atoms with Gasteiger partial charge in [0.1, 0.15) is 23.6 Å². The fourth-order valence-electron chi connectivity index (χ4n) is 4.61. The fourth-order valence-corrected chi connectivity index (χ4v) is 4.61. The van der Waals surface area contributed by atoms with E-state index in [-0.39, 0.29) is 29.9 Å². The second-order valence-corrected chi connectivity index (χ2v) is 9.90. The monoisotopic (exact) mass is 495 g/mol. The Morgan fingerprint density at radius 1 is 1.08 bits per heavy atom. The summed E-state index contributed by atoms with van der Waals surface area (Å²) in [7, 11) is 0. The standard InChI is InChI=1S/C29H41N3O4/c1-5-22-12-9-10-16-26(22)35-17-11-13-23-18-25(36-24-14-7-6-8-15-24)19-32(23)29(34)27(20(2)3)31-28(33)21(4)30/h6-10,12,14-16,20-21,23,25,27H,5,11,13,17-19,30H2,1-4H3,(H,31,33)/t21-,23+,25-,27-/m0/s1. The van der Waals surface area contributed by atoms with Gasteiger partial charge >= 0.3 is 0 Å². The van der Waals surface area contributed by atoms with Crippen LogP contribution in [0.5, 0.6) is 11.5 Å². The zero-order chi connectivity index (χ0) is 26.1. The average Bonchev–Trinajstić information content (AvgIpc) is 3.27. The van der Waals surface area contributed by atoms with Crippen molar-refractivity contribution in [2.45, 2.75) is 77.6 Å². The summed E-state index contributed by atoms with van der Waals surface area (Å²) in [5.41, 5.74) is 6.94. The highest BCUT2D eigenvalue weighted by Crippen LogP contribution is 2.28. The van der Waals surface area contributed by atoms with E-state index in [1.54, 1.807) is 6.92 Å². The van der Waals surface area contributed by atoms with Gasteiger partial charge in [0.25, 0.3) is 0 Å². The second-order valence-electron chi connectivity index (χ2n) is 9.90. The molecule has 7 heteroatoms. The lowest BCUT2D eigenvalue weighted by Crippen LogP contribution is -2.55. The molecule has 0 spiro atoms. The number of benzene rings is 2. The summed E-state index contributed by atoms with van der Waals surface area (Å²) in [6.07, 6.45) is 3.14. The summed E-state index contributed by atoms with van der Waals surface area (Å²) >= 11 is 0. The molecule has 0 radical (unpaired) electrons. The molecular formula is C29H41N3O4. The van der Waals surface area contributed by atoms with Crippen molar-refractivity contribution in [3.63, 3.8) is 0 Å². The number of likely N-dealkylation sites (tertiary alicyclic amines) is 1. The van der Waals surface area contributed by atoms with Gasteiger partial charge in [-0.05, 0) is 55.9 Å². The number of nitrogens with one attached hydrogen (secondary N) is 1. The fraction of sp³-hybridized carbons (Fsp3) is 0.517. The number of aryl methyl sites for hydroxylation is 1. The molecule has 3 rings (SSSR count). The van der Waals surface area contributed by atoms with Crippen LogP contribution in [0.15, 0.2) is 54.6 Å². The van der Waals surface area contributed by atoms with Gasteiger partial charge in [0.2, 0.25) is 11.8 Å². The van der Waals surface area contributed by atoms with E-state index in [1.165, 1.54) is 5.56 Å². The predicted molar refractivity (Wildman–Crippen MR) is 142 cm³/mol. The lowest BCUT2D eigenvalue weighted by Gasteiger charge is -2.31. The molecule has 1 aliphatic rings.